The fourth-order valence-electron chi connectivity index (χ4n) is 2.92. The average molecular weight is 367 g/mol. The number of fused-ring (bicyclic) bond motifs is 1. The molecule has 0 bridgehead atoms. The number of likely N-dealkylation sites (N-methyl/N-ethyl adjacent to an activating group) is 1. The zero-order valence-corrected chi connectivity index (χ0v) is 16.0. The average Bonchev–Trinajstić information content (AvgIpc) is 3.04. The van der Waals surface area contributed by atoms with Crippen molar-refractivity contribution >= 4 is 22.5 Å². The van der Waals surface area contributed by atoms with Gasteiger partial charge in [-0.3, -0.25) is 9.59 Å². The van der Waals surface area contributed by atoms with Crippen LogP contribution in [0.5, 0.6) is 0 Å². The molecule has 7 nitrogen and oxygen atoms in total. The van der Waals surface area contributed by atoms with Crippen LogP contribution in [0.2, 0.25) is 0 Å². The van der Waals surface area contributed by atoms with Crippen LogP contribution in [0.4, 0.5) is 5.69 Å². The molecule has 0 spiro atoms. The molecule has 0 fully saturated rings. The lowest BCUT2D eigenvalue weighted by atomic mass is 10.2. The predicted molar refractivity (Wildman–Crippen MR) is 107 cm³/mol. The largest absolute Gasteiger partial charge is 0.346 e. The van der Waals surface area contributed by atoms with Gasteiger partial charge in [-0.05, 0) is 50.8 Å². The SMILES string of the molecule is CCCn1nc(C(=O)Nc2ccc3c(ccn3CCN(C)C)c2)ccc1=O. The molecule has 0 radical (unpaired) electrons. The van der Waals surface area contributed by atoms with E-state index in [4.69, 9.17) is 0 Å². The van der Waals surface area contributed by atoms with Gasteiger partial charge in [0, 0.05) is 48.5 Å². The van der Waals surface area contributed by atoms with Gasteiger partial charge in [-0.25, -0.2) is 4.68 Å². The fraction of sp³-hybridized carbons (Fsp3) is 0.350. The summed E-state index contributed by atoms with van der Waals surface area (Å²) < 4.78 is 3.52. The van der Waals surface area contributed by atoms with E-state index in [9.17, 15) is 9.59 Å². The van der Waals surface area contributed by atoms with Crippen LogP contribution in [0, 0.1) is 0 Å². The van der Waals surface area contributed by atoms with Crippen molar-refractivity contribution in [1.82, 2.24) is 19.2 Å². The second-order valence-electron chi connectivity index (χ2n) is 6.82. The van der Waals surface area contributed by atoms with Gasteiger partial charge in [0.15, 0.2) is 0 Å². The summed E-state index contributed by atoms with van der Waals surface area (Å²) in [5.41, 5.74) is 1.86. The normalized spacial score (nSPS) is 11.3. The quantitative estimate of drug-likeness (QED) is 0.696. The van der Waals surface area contributed by atoms with Crippen molar-refractivity contribution in [3.8, 4) is 0 Å². The molecule has 2 aromatic heterocycles. The molecule has 0 saturated heterocycles. The minimum absolute atomic E-state index is 0.200. The molecular formula is C20H25N5O2. The standard InChI is InChI=1S/C20H25N5O2/c1-4-10-25-19(26)8-6-17(22-25)20(27)21-16-5-7-18-15(14-16)9-11-24(18)13-12-23(2)3/h5-9,11,14H,4,10,12-13H2,1-3H3,(H,21,27). The highest BCUT2D eigenvalue weighted by Gasteiger charge is 2.11. The lowest BCUT2D eigenvalue weighted by Gasteiger charge is -2.11. The monoisotopic (exact) mass is 367 g/mol. The highest BCUT2D eigenvalue weighted by molar-refractivity contribution is 6.03. The van der Waals surface area contributed by atoms with Gasteiger partial charge in [-0.1, -0.05) is 6.92 Å². The topological polar surface area (TPSA) is 72.2 Å². The van der Waals surface area contributed by atoms with E-state index >= 15 is 0 Å². The summed E-state index contributed by atoms with van der Waals surface area (Å²) in [4.78, 5) is 26.4. The summed E-state index contributed by atoms with van der Waals surface area (Å²) in [5.74, 6) is -0.328. The molecule has 1 N–H and O–H groups in total. The number of aromatic nitrogens is 3. The number of nitrogens with one attached hydrogen (secondary N) is 1. The van der Waals surface area contributed by atoms with Crippen molar-refractivity contribution in [2.45, 2.75) is 26.4 Å². The third-order valence-corrected chi connectivity index (χ3v) is 4.35. The minimum Gasteiger partial charge on any atom is -0.346 e. The van der Waals surface area contributed by atoms with Crippen molar-refractivity contribution in [1.29, 1.82) is 0 Å². The number of benzene rings is 1. The van der Waals surface area contributed by atoms with Crippen LogP contribution >= 0.6 is 0 Å². The Bertz CT molecular complexity index is 1000. The molecule has 1 amide bonds. The van der Waals surface area contributed by atoms with Crippen LogP contribution in [0.25, 0.3) is 10.9 Å². The smallest absolute Gasteiger partial charge is 0.276 e. The summed E-state index contributed by atoms with van der Waals surface area (Å²) >= 11 is 0. The summed E-state index contributed by atoms with van der Waals surface area (Å²) in [5, 5.41) is 8.08. The van der Waals surface area contributed by atoms with E-state index in [2.05, 4.69) is 40.2 Å². The van der Waals surface area contributed by atoms with E-state index in [1.807, 2.05) is 31.2 Å². The fourth-order valence-corrected chi connectivity index (χ4v) is 2.92. The van der Waals surface area contributed by atoms with E-state index in [0.717, 1.165) is 30.4 Å². The molecule has 27 heavy (non-hydrogen) atoms. The van der Waals surface area contributed by atoms with Gasteiger partial charge in [0.2, 0.25) is 0 Å². The molecule has 1 aromatic carbocycles. The number of amides is 1. The second kappa shape index (κ2) is 8.18. The molecular weight excluding hydrogens is 342 g/mol. The van der Waals surface area contributed by atoms with Crippen molar-refractivity contribution in [2.75, 3.05) is 26.0 Å². The first-order chi connectivity index (χ1) is 13.0. The zero-order valence-electron chi connectivity index (χ0n) is 16.0. The summed E-state index contributed by atoms with van der Waals surface area (Å²) in [6.45, 7) is 4.32. The lowest BCUT2D eigenvalue weighted by Crippen LogP contribution is -2.26. The highest BCUT2D eigenvalue weighted by atomic mass is 16.2. The Morgan fingerprint density at radius 2 is 1.96 bits per heavy atom. The van der Waals surface area contributed by atoms with Gasteiger partial charge in [-0.2, -0.15) is 5.10 Å². The van der Waals surface area contributed by atoms with Gasteiger partial charge in [-0.15, -0.1) is 0 Å². The number of anilines is 1. The van der Waals surface area contributed by atoms with Crippen molar-refractivity contribution in [3.63, 3.8) is 0 Å². The van der Waals surface area contributed by atoms with Crippen LogP contribution in [0.1, 0.15) is 23.8 Å². The van der Waals surface area contributed by atoms with E-state index in [-0.39, 0.29) is 17.2 Å². The Morgan fingerprint density at radius 3 is 2.70 bits per heavy atom. The van der Waals surface area contributed by atoms with Crippen LogP contribution < -0.4 is 10.9 Å². The third kappa shape index (κ3) is 4.43. The molecule has 0 unspecified atom stereocenters. The molecule has 142 valence electrons. The van der Waals surface area contributed by atoms with Crippen molar-refractivity contribution < 1.29 is 4.79 Å². The molecule has 0 aliphatic carbocycles. The minimum atomic E-state index is -0.328. The number of aryl methyl sites for hydroxylation is 1. The number of hydrogen-bond donors (Lipinski definition) is 1. The Morgan fingerprint density at radius 1 is 1.15 bits per heavy atom. The molecule has 0 aliphatic rings. The van der Waals surface area contributed by atoms with E-state index in [1.54, 1.807) is 0 Å². The van der Waals surface area contributed by atoms with Crippen molar-refractivity contribution in [2.24, 2.45) is 0 Å². The Kier molecular flexibility index (Phi) is 5.71. The zero-order chi connectivity index (χ0) is 19.4. The van der Waals surface area contributed by atoms with Crippen molar-refractivity contribution in [3.05, 3.63) is 58.6 Å². The maximum atomic E-state index is 12.5. The van der Waals surface area contributed by atoms with Crippen LogP contribution in [0.15, 0.2) is 47.4 Å². The Balaban J connectivity index is 1.77. The molecule has 0 saturated carbocycles. The summed E-state index contributed by atoms with van der Waals surface area (Å²) in [6.07, 6.45) is 2.83. The van der Waals surface area contributed by atoms with E-state index in [0.29, 0.717) is 12.2 Å². The first-order valence-corrected chi connectivity index (χ1v) is 9.11. The van der Waals surface area contributed by atoms with Gasteiger partial charge in [0.1, 0.15) is 5.69 Å². The van der Waals surface area contributed by atoms with Gasteiger partial charge >= 0.3 is 0 Å². The molecule has 3 aromatic rings. The number of hydrogen-bond acceptors (Lipinski definition) is 4. The van der Waals surface area contributed by atoms with Gasteiger partial charge < -0.3 is 14.8 Å². The first kappa shape index (κ1) is 18.8. The first-order valence-electron chi connectivity index (χ1n) is 9.11. The maximum absolute atomic E-state index is 12.5. The lowest BCUT2D eigenvalue weighted by molar-refractivity contribution is 0.102. The predicted octanol–water partition coefficient (Wildman–Crippen LogP) is 2.42. The van der Waals surface area contributed by atoms with Crippen LogP contribution in [0.3, 0.4) is 0 Å². The number of carbonyl (C=O) groups is 1. The number of carbonyl (C=O) groups excluding carboxylic acids is 1. The number of nitrogens with zero attached hydrogens (tertiary/aromatic N) is 4. The van der Waals surface area contributed by atoms with E-state index in [1.165, 1.54) is 16.8 Å². The summed E-state index contributed by atoms with van der Waals surface area (Å²) in [7, 11) is 4.11. The Hall–Kier alpha value is -2.93. The molecule has 2 heterocycles. The van der Waals surface area contributed by atoms with Crippen LogP contribution in [-0.4, -0.2) is 45.8 Å². The Labute approximate surface area is 158 Å². The van der Waals surface area contributed by atoms with Gasteiger partial charge in [0.25, 0.3) is 11.5 Å². The molecule has 0 atom stereocenters. The number of rotatable bonds is 7. The summed E-state index contributed by atoms with van der Waals surface area (Å²) in [6, 6.07) is 10.7. The molecule has 0 aliphatic heterocycles. The second-order valence-corrected chi connectivity index (χ2v) is 6.82. The van der Waals surface area contributed by atoms with Crippen LogP contribution in [-0.2, 0) is 13.1 Å². The molecule has 3 rings (SSSR count). The van der Waals surface area contributed by atoms with E-state index < -0.39 is 0 Å². The third-order valence-electron chi connectivity index (χ3n) is 4.35. The van der Waals surface area contributed by atoms with Gasteiger partial charge in [0.05, 0.1) is 0 Å². The molecule has 7 heteroatoms. The maximum Gasteiger partial charge on any atom is 0.276 e. The highest BCUT2D eigenvalue weighted by Crippen LogP contribution is 2.21.